The van der Waals surface area contributed by atoms with E-state index < -0.39 is 26.8 Å². The lowest BCUT2D eigenvalue weighted by Gasteiger charge is -2.01. The monoisotopic (exact) mass is 213 g/mol. The van der Waals surface area contributed by atoms with Crippen molar-refractivity contribution in [2.45, 2.75) is 6.92 Å². The van der Waals surface area contributed by atoms with Gasteiger partial charge < -0.3 is 4.57 Å². The number of aryl methyl sites for hydroxylation is 1. The molecule has 0 aliphatic rings. The van der Waals surface area contributed by atoms with Gasteiger partial charge in [0, 0.05) is 7.05 Å². The molecule has 1 heterocycles. The highest BCUT2D eigenvalue weighted by Gasteiger charge is 2.26. The van der Waals surface area contributed by atoms with E-state index >= 15 is 0 Å². The minimum absolute atomic E-state index is 0.229. The van der Waals surface area contributed by atoms with Gasteiger partial charge in [0.05, 0.1) is 16.0 Å². The van der Waals surface area contributed by atoms with Gasteiger partial charge in [-0.1, -0.05) is 0 Å². The summed E-state index contributed by atoms with van der Waals surface area (Å²) in [7, 11) is 1.22. The molecule has 1 rings (SSSR count). The van der Waals surface area contributed by atoms with Crippen LogP contribution in [0.25, 0.3) is 0 Å². The second-order valence-electron chi connectivity index (χ2n) is 2.92. The second kappa shape index (κ2) is 3.48. The zero-order chi connectivity index (χ0) is 11.7. The lowest BCUT2D eigenvalue weighted by molar-refractivity contribution is -0.396. The third-order valence-corrected chi connectivity index (χ3v) is 1.96. The summed E-state index contributed by atoms with van der Waals surface area (Å²) in [6.07, 6.45) is 0.963. The first kappa shape index (κ1) is 10.8. The second-order valence-corrected chi connectivity index (χ2v) is 2.92. The SMILES string of the molecule is Cc1c([N+](=O)[O-])cn(C)c(=O)c1[N+](=O)[O-]. The van der Waals surface area contributed by atoms with Gasteiger partial charge >= 0.3 is 11.2 Å². The van der Waals surface area contributed by atoms with Crippen molar-refractivity contribution in [1.82, 2.24) is 4.57 Å². The minimum Gasteiger partial charge on any atom is -0.306 e. The Balaban J connectivity index is 3.72. The van der Waals surface area contributed by atoms with Crippen LogP contribution in [-0.4, -0.2) is 14.4 Å². The van der Waals surface area contributed by atoms with Gasteiger partial charge in [-0.25, -0.2) is 0 Å². The van der Waals surface area contributed by atoms with Gasteiger partial charge in [0.15, 0.2) is 0 Å². The molecule has 0 fully saturated rings. The molecule has 0 saturated heterocycles. The molecule has 0 aliphatic carbocycles. The Hall–Kier alpha value is -2.25. The molecule has 0 bridgehead atoms. The van der Waals surface area contributed by atoms with E-state index in [1.54, 1.807) is 0 Å². The van der Waals surface area contributed by atoms with Crippen molar-refractivity contribution >= 4 is 11.4 Å². The standard InChI is InChI=1S/C7H7N3O5/c1-4-5(9(12)13)3-8(2)7(11)6(4)10(14)15/h3H,1-2H3. The van der Waals surface area contributed by atoms with Gasteiger partial charge in [0.25, 0.3) is 5.69 Å². The Morgan fingerprint density at radius 2 is 1.80 bits per heavy atom. The largest absolute Gasteiger partial charge is 0.343 e. The molecule has 0 amide bonds. The average molecular weight is 213 g/mol. The van der Waals surface area contributed by atoms with Crippen LogP contribution in [0.2, 0.25) is 0 Å². The van der Waals surface area contributed by atoms with E-state index in [1.165, 1.54) is 14.0 Å². The molecule has 15 heavy (non-hydrogen) atoms. The number of nitro groups is 2. The van der Waals surface area contributed by atoms with Crippen molar-refractivity contribution in [2.24, 2.45) is 7.05 Å². The number of rotatable bonds is 2. The number of pyridine rings is 1. The van der Waals surface area contributed by atoms with E-state index in [0.29, 0.717) is 0 Å². The number of hydrogen-bond donors (Lipinski definition) is 0. The lowest BCUT2D eigenvalue weighted by Crippen LogP contribution is -2.21. The topological polar surface area (TPSA) is 108 Å². The molecule has 0 radical (unpaired) electrons. The van der Waals surface area contributed by atoms with Gasteiger partial charge in [-0.3, -0.25) is 25.0 Å². The molecule has 0 aliphatic heterocycles. The van der Waals surface area contributed by atoms with Crippen LogP contribution in [-0.2, 0) is 7.05 Å². The maximum Gasteiger partial charge on any atom is 0.343 e. The third kappa shape index (κ3) is 1.68. The smallest absolute Gasteiger partial charge is 0.306 e. The van der Waals surface area contributed by atoms with E-state index in [4.69, 9.17) is 0 Å². The molecular formula is C7H7N3O5. The van der Waals surface area contributed by atoms with E-state index in [-0.39, 0.29) is 5.56 Å². The molecule has 1 aromatic heterocycles. The Morgan fingerprint density at radius 3 is 2.20 bits per heavy atom. The van der Waals surface area contributed by atoms with Crippen molar-refractivity contribution < 1.29 is 9.85 Å². The quantitative estimate of drug-likeness (QED) is 0.525. The number of aromatic nitrogens is 1. The lowest BCUT2D eigenvalue weighted by atomic mass is 10.2. The highest BCUT2D eigenvalue weighted by atomic mass is 16.6. The Morgan fingerprint density at radius 1 is 1.27 bits per heavy atom. The molecule has 0 saturated carbocycles. The molecule has 0 spiro atoms. The fourth-order valence-electron chi connectivity index (χ4n) is 1.19. The Kier molecular flexibility index (Phi) is 2.51. The summed E-state index contributed by atoms with van der Waals surface area (Å²) in [5.41, 5.74) is -2.29. The summed E-state index contributed by atoms with van der Waals surface area (Å²) in [5.74, 6) is 0. The molecule has 0 atom stereocenters. The highest BCUT2D eigenvalue weighted by molar-refractivity contribution is 5.50. The summed E-state index contributed by atoms with van der Waals surface area (Å²) in [5, 5.41) is 21.1. The van der Waals surface area contributed by atoms with E-state index in [2.05, 4.69) is 0 Å². The predicted octanol–water partition coefficient (Wildman–Crippen LogP) is 0.510. The third-order valence-electron chi connectivity index (χ3n) is 1.96. The fraction of sp³-hybridized carbons (Fsp3) is 0.286. The fourth-order valence-corrected chi connectivity index (χ4v) is 1.19. The molecule has 1 aromatic rings. The Labute approximate surface area is 83.1 Å². The van der Waals surface area contributed by atoms with E-state index in [0.717, 1.165) is 10.8 Å². The van der Waals surface area contributed by atoms with Gasteiger partial charge in [0.1, 0.15) is 5.56 Å². The molecule has 0 aromatic carbocycles. The van der Waals surface area contributed by atoms with Crippen molar-refractivity contribution in [2.75, 3.05) is 0 Å². The normalized spacial score (nSPS) is 10.0. The van der Waals surface area contributed by atoms with Gasteiger partial charge in [-0.2, -0.15) is 0 Å². The van der Waals surface area contributed by atoms with Crippen LogP contribution >= 0.6 is 0 Å². The first-order valence-electron chi connectivity index (χ1n) is 3.85. The van der Waals surface area contributed by atoms with E-state index in [9.17, 15) is 25.0 Å². The van der Waals surface area contributed by atoms with Crippen LogP contribution in [0.15, 0.2) is 11.0 Å². The van der Waals surface area contributed by atoms with Crippen LogP contribution in [0.3, 0.4) is 0 Å². The van der Waals surface area contributed by atoms with E-state index in [1.807, 2.05) is 0 Å². The van der Waals surface area contributed by atoms with Crippen molar-refractivity contribution in [3.63, 3.8) is 0 Å². The summed E-state index contributed by atoms with van der Waals surface area (Å²) >= 11 is 0. The highest BCUT2D eigenvalue weighted by Crippen LogP contribution is 2.22. The zero-order valence-corrected chi connectivity index (χ0v) is 7.96. The van der Waals surface area contributed by atoms with Crippen LogP contribution < -0.4 is 5.56 Å². The molecule has 8 nitrogen and oxygen atoms in total. The van der Waals surface area contributed by atoms with Crippen LogP contribution in [0, 0.1) is 27.2 Å². The zero-order valence-electron chi connectivity index (χ0n) is 7.96. The van der Waals surface area contributed by atoms with Gasteiger partial charge in [-0.15, -0.1) is 0 Å². The average Bonchev–Trinajstić information content (AvgIpc) is 2.10. The van der Waals surface area contributed by atoms with Crippen molar-refractivity contribution in [1.29, 1.82) is 0 Å². The first-order chi connectivity index (χ1) is 6.86. The molecule has 80 valence electrons. The van der Waals surface area contributed by atoms with Gasteiger partial charge in [0.2, 0.25) is 0 Å². The summed E-state index contributed by atoms with van der Waals surface area (Å²) in [6, 6.07) is 0. The first-order valence-corrected chi connectivity index (χ1v) is 3.85. The summed E-state index contributed by atoms with van der Waals surface area (Å²) < 4.78 is 0.823. The summed E-state index contributed by atoms with van der Waals surface area (Å²) in [4.78, 5) is 30.7. The molecular weight excluding hydrogens is 206 g/mol. The molecule has 0 N–H and O–H groups in total. The van der Waals surface area contributed by atoms with Crippen LogP contribution in [0.4, 0.5) is 11.4 Å². The summed E-state index contributed by atoms with van der Waals surface area (Å²) in [6.45, 7) is 1.18. The maximum atomic E-state index is 11.3. The maximum absolute atomic E-state index is 11.3. The van der Waals surface area contributed by atoms with Gasteiger partial charge in [-0.05, 0) is 6.92 Å². The Bertz CT molecular complexity index is 504. The van der Waals surface area contributed by atoms with Crippen LogP contribution in [0.5, 0.6) is 0 Å². The predicted molar refractivity (Wildman–Crippen MR) is 49.7 cm³/mol. The van der Waals surface area contributed by atoms with Crippen molar-refractivity contribution in [3.05, 3.63) is 42.3 Å². The number of hydrogen-bond acceptors (Lipinski definition) is 5. The minimum atomic E-state index is -0.912. The molecule has 0 unspecified atom stereocenters. The van der Waals surface area contributed by atoms with Crippen molar-refractivity contribution in [3.8, 4) is 0 Å². The molecule has 8 heteroatoms. The number of nitrogens with zero attached hydrogens (tertiary/aromatic N) is 3. The van der Waals surface area contributed by atoms with Crippen LogP contribution in [0.1, 0.15) is 5.56 Å².